The maximum absolute atomic E-state index is 14.3. The number of hydrogen-bond acceptors (Lipinski definition) is 6. The minimum atomic E-state index is -1.23. The molecular formula is C40H49N7O4. The first-order valence-corrected chi connectivity index (χ1v) is 18.8. The molecule has 8 rings (SSSR count). The molecule has 51 heavy (non-hydrogen) atoms. The van der Waals surface area contributed by atoms with Crippen molar-refractivity contribution in [2.45, 2.75) is 82.4 Å². The first kappa shape index (κ1) is 33.7. The van der Waals surface area contributed by atoms with E-state index >= 15 is 0 Å². The predicted molar refractivity (Wildman–Crippen MR) is 198 cm³/mol. The summed E-state index contributed by atoms with van der Waals surface area (Å²) in [6, 6.07) is 23.2. The van der Waals surface area contributed by atoms with Crippen LogP contribution in [0.3, 0.4) is 0 Å². The zero-order valence-electron chi connectivity index (χ0n) is 29.3. The summed E-state index contributed by atoms with van der Waals surface area (Å²) in [5, 5.41) is 20.1. The van der Waals surface area contributed by atoms with E-state index in [1.165, 1.54) is 19.3 Å². The van der Waals surface area contributed by atoms with E-state index < -0.39 is 12.4 Å². The van der Waals surface area contributed by atoms with Crippen LogP contribution in [0.2, 0.25) is 0 Å². The van der Waals surface area contributed by atoms with Gasteiger partial charge in [0.05, 0.1) is 23.5 Å². The predicted octanol–water partition coefficient (Wildman–Crippen LogP) is 5.11. The number of nitrogens with zero attached hydrogens (tertiary/aromatic N) is 5. The van der Waals surface area contributed by atoms with Crippen LogP contribution in [0.25, 0.3) is 21.8 Å². The third-order valence-corrected chi connectivity index (χ3v) is 11.7. The van der Waals surface area contributed by atoms with Gasteiger partial charge in [0.1, 0.15) is 0 Å². The van der Waals surface area contributed by atoms with Crippen molar-refractivity contribution < 1.29 is 19.5 Å². The zero-order valence-corrected chi connectivity index (χ0v) is 29.3. The van der Waals surface area contributed by atoms with Gasteiger partial charge < -0.3 is 34.6 Å². The van der Waals surface area contributed by atoms with Crippen LogP contribution in [-0.2, 0) is 16.1 Å². The van der Waals surface area contributed by atoms with E-state index in [-0.39, 0.29) is 30.3 Å². The monoisotopic (exact) mass is 691 g/mol. The molecule has 4 aliphatic heterocycles. The number of piperidine rings is 3. The number of carbonyl (C=O) groups is 3. The SMILES string of the molecule is O=C(C[C@H](NC(O)n1c2ccccc2c2ccccc21)C(=O)N1CCC(N2CCCCC2)CC1)N1CCC(N2Cc3ccccc3NC2=O)CC1. The summed E-state index contributed by atoms with van der Waals surface area (Å²) in [4.78, 5) is 49.5. The Kier molecular flexibility index (Phi) is 9.68. The lowest BCUT2D eigenvalue weighted by Crippen LogP contribution is -2.55. The summed E-state index contributed by atoms with van der Waals surface area (Å²) in [5.74, 6) is -0.260. The number of aromatic nitrogens is 1. The molecule has 11 nitrogen and oxygen atoms in total. The quantitative estimate of drug-likeness (QED) is 0.222. The van der Waals surface area contributed by atoms with Crippen molar-refractivity contribution in [2.24, 2.45) is 0 Å². The second-order valence-corrected chi connectivity index (χ2v) is 14.7. The molecule has 4 amide bonds. The van der Waals surface area contributed by atoms with Crippen LogP contribution in [-0.4, -0.2) is 105 Å². The Balaban J connectivity index is 0.975. The number of amides is 4. The standard InChI is InChI=1S/C40H49N7O4/c48-37(44-22-18-30(19-23-44)46-27-28-10-2-5-13-33(28)41-39(46)50)26-34(38(49)45-24-16-29(17-25-45)43-20-8-1-9-21-43)42-40(51)47-35-14-6-3-11-31(35)32-12-4-7-15-36(32)47/h2-7,10-15,29-30,34,40,42,51H,1,8-9,16-27H2,(H,41,50)/t34-,40?/m0/s1. The molecule has 3 N–H and O–H groups in total. The number of para-hydroxylation sites is 3. The first-order chi connectivity index (χ1) is 24.9. The van der Waals surface area contributed by atoms with Crippen LogP contribution in [0.15, 0.2) is 72.8 Å². The van der Waals surface area contributed by atoms with Crippen molar-refractivity contribution in [3.8, 4) is 0 Å². The van der Waals surface area contributed by atoms with Gasteiger partial charge in [0.25, 0.3) is 0 Å². The van der Waals surface area contributed by atoms with Gasteiger partial charge >= 0.3 is 6.03 Å². The molecule has 5 heterocycles. The summed E-state index contributed by atoms with van der Waals surface area (Å²) < 4.78 is 1.82. The summed E-state index contributed by atoms with van der Waals surface area (Å²) in [5.41, 5.74) is 3.65. The second-order valence-electron chi connectivity index (χ2n) is 14.7. The van der Waals surface area contributed by atoms with Gasteiger partial charge in [-0.25, -0.2) is 4.79 Å². The van der Waals surface area contributed by atoms with E-state index in [0.717, 1.165) is 59.0 Å². The molecule has 11 heteroatoms. The Morgan fingerprint density at radius 1 is 0.745 bits per heavy atom. The molecule has 3 saturated heterocycles. The van der Waals surface area contributed by atoms with E-state index in [4.69, 9.17) is 0 Å². The van der Waals surface area contributed by atoms with Gasteiger partial charge in [-0.2, -0.15) is 0 Å². The van der Waals surface area contributed by atoms with Gasteiger partial charge in [0.2, 0.25) is 11.8 Å². The average molecular weight is 692 g/mol. The van der Waals surface area contributed by atoms with Gasteiger partial charge in [0.15, 0.2) is 6.35 Å². The summed E-state index contributed by atoms with van der Waals surface area (Å²) in [6.45, 7) is 5.12. The summed E-state index contributed by atoms with van der Waals surface area (Å²) >= 11 is 0. The molecule has 268 valence electrons. The lowest BCUT2D eigenvalue weighted by molar-refractivity contribution is -0.142. The molecule has 3 fully saturated rings. The molecule has 0 aliphatic carbocycles. The maximum atomic E-state index is 14.3. The van der Waals surface area contributed by atoms with E-state index in [1.54, 1.807) is 0 Å². The Morgan fingerprint density at radius 2 is 1.33 bits per heavy atom. The first-order valence-electron chi connectivity index (χ1n) is 18.8. The van der Waals surface area contributed by atoms with Crippen LogP contribution >= 0.6 is 0 Å². The van der Waals surface area contributed by atoms with E-state index in [1.807, 2.05) is 92.1 Å². The number of aliphatic hydroxyl groups excluding tert-OH is 1. The zero-order chi connectivity index (χ0) is 34.9. The minimum Gasteiger partial charge on any atom is -0.361 e. The van der Waals surface area contributed by atoms with Crippen LogP contribution in [0.1, 0.15) is 63.3 Å². The number of aliphatic hydroxyl groups is 1. The fourth-order valence-corrected chi connectivity index (χ4v) is 8.89. The van der Waals surface area contributed by atoms with E-state index in [9.17, 15) is 19.5 Å². The molecule has 1 unspecified atom stereocenters. The van der Waals surface area contributed by atoms with Crippen LogP contribution in [0.4, 0.5) is 10.5 Å². The van der Waals surface area contributed by atoms with E-state index in [2.05, 4.69) is 15.5 Å². The van der Waals surface area contributed by atoms with Crippen LogP contribution in [0, 0.1) is 0 Å². The second kappa shape index (κ2) is 14.7. The van der Waals surface area contributed by atoms with Crippen molar-refractivity contribution in [1.29, 1.82) is 0 Å². The lowest BCUT2D eigenvalue weighted by Gasteiger charge is -2.42. The summed E-state index contributed by atoms with van der Waals surface area (Å²) in [6.07, 6.45) is 5.67. The topological polar surface area (TPSA) is 113 Å². The van der Waals surface area contributed by atoms with Crippen molar-refractivity contribution in [2.75, 3.05) is 44.6 Å². The molecule has 4 aliphatic rings. The number of urea groups is 1. The number of fused-ring (bicyclic) bond motifs is 4. The van der Waals surface area contributed by atoms with Gasteiger partial charge in [-0.05, 0) is 75.4 Å². The van der Waals surface area contributed by atoms with Gasteiger partial charge in [-0.15, -0.1) is 0 Å². The van der Waals surface area contributed by atoms with Crippen molar-refractivity contribution in [3.05, 3.63) is 78.4 Å². The Labute approximate surface area is 299 Å². The Morgan fingerprint density at radius 3 is 2.02 bits per heavy atom. The van der Waals surface area contributed by atoms with Gasteiger partial charge in [-0.1, -0.05) is 61.0 Å². The highest BCUT2D eigenvalue weighted by atomic mass is 16.3. The molecule has 4 aromatic rings. The number of likely N-dealkylation sites (tertiary alicyclic amines) is 3. The molecule has 2 atom stereocenters. The average Bonchev–Trinajstić information content (AvgIpc) is 3.52. The van der Waals surface area contributed by atoms with E-state index in [0.29, 0.717) is 51.6 Å². The highest BCUT2D eigenvalue weighted by Gasteiger charge is 2.37. The number of nitrogens with one attached hydrogen (secondary N) is 2. The molecule has 0 radical (unpaired) electrons. The molecule has 3 aromatic carbocycles. The highest BCUT2D eigenvalue weighted by Crippen LogP contribution is 2.32. The highest BCUT2D eigenvalue weighted by molar-refractivity contribution is 6.08. The minimum absolute atomic E-state index is 0.0243. The van der Waals surface area contributed by atoms with Gasteiger partial charge in [0, 0.05) is 61.3 Å². The number of carbonyl (C=O) groups excluding carboxylic acids is 3. The largest absolute Gasteiger partial charge is 0.361 e. The third kappa shape index (κ3) is 6.82. The third-order valence-electron chi connectivity index (χ3n) is 11.7. The lowest BCUT2D eigenvalue weighted by atomic mass is 9.98. The van der Waals surface area contributed by atoms with Crippen LogP contribution < -0.4 is 10.6 Å². The number of rotatable bonds is 8. The molecule has 0 spiro atoms. The van der Waals surface area contributed by atoms with Crippen LogP contribution in [0.5, 0.6) is 0 Å². The normalized spacial score (nSPS) is 20.7. The van der Waals surface area contributed by atoms with Gasteiger partial charge in [-0.3, -0.25) is 14.9 Å². The Hall–Kier alpha value is -4.45. The maximum Gasteiger partial charge on any atom is 0.322 e. The molecule has 0 saturated carbocycles. The van der Waals surface area contributed by atoms with Crippen molar-refractivity contribution in [3.63, 3.8) is 0 Å². The fraction of sp³-hybridized carbons (Fsp3) is 0.475. The molecule has 0 bridgehead atoms. The number of anilines is 1. The smallest absolute Gasteiger partial charge is 0.322 e. The van der Waals surface area contributed by atoms with Crippen molar-refractivity contribution in [1.82, 2.24) is 29.5 Å². The molecular weight excluding hydrogens is 642 g/mol. The molecule has 1 aromatic heterocycles. The van der Waals surface area contributed by atoms with Crippen molar-refractivity contribution >= 4 is 45.3 Å². The Bertz CT molecular complexity index is 1830. The number of benzene rings is 3. The number of hydrogen-bond donors (Lipinski definition) is 3. The fourth-order valence-electron chi connectivity index (χ4n) is 8.89. The summed E-state index contributed by atoms with van der Waals surface area (Å²) in [7, 11) is 0.